The van der Waals surface area contributed by atoms with Crippen LogP contribution in [0, 0.1) is 6.92 Å². The fraction of sp³-hybridized carbons (Fsp3) is 0.312. The number of hydrogen-bond acceptors (Lipinski definition) is 4. The molecule has 0 fully saturated rings. The highest BCUT2D eigenvalue weighted by Gasteiger charge is 2.12. The third-order valence-corrected chi connectivity index (χ3v) is 5.29. The Labute approximate surface area is 142 Å². The molecule has 3 aromatic rings. The molecule has 1 amide bonds. The van der Waals surface area contributed by atoms with Gasteiger partial charge in [0.25, 0.3) is 5.91 Å². The van der Waals surface area contributed by atoms with Crippen LogP contribution in [0.1, 0.15) is 16.2 Å². The van der Waals surface area contributed by atoms with Gasteiger partial charge in [0.1, 0.15) is 0 Å². The van der Waals surface area contributed by atoms with Crippen LogP contribution >= 0.6 is 23.1 Å². The summed E-state index contributed by atoms with van der Waals surface area (Å²) in [4.78, 5) is 17.5. The van der Waals surface area contributed by atoms with Crippen molar-refractivity contribution in [1.82, 2.24) is 14.3 Å². The minimum Gasteiger partial charge on any atom is -0.316 e. The summed E-state index contributed by atoms with van der Waals surface area (Å²) in [5.41, 5.74) is 2.45. The van der Waals surface area contributed by atoms with E-state index < -0.39 is 0 Å². The molecular weight excluding hydrogens is 328 g/mol. The zero-order chi connectivity index (χ0) is 16.4. The van der Waals surface area contributed by atoms with E-state index in [1.807, 2.05) is 26.1 Å². The van der Waals surface area contributed by atoms with Crippen LogP contribution in [0.4, 0.5) is 0 Å². The largest absolute Gasteiger partial charge is 0.316 e. The second kappa shape index (κ2) is 6.72. The van der Waals surface area contributed by atoms with E-state index in [1.54, 1.807) is 22.5 Å². The van der Waals surface area contributed by atoms with Crippen molar-refractivity contribution in [3.63, 3.8) is 0 Å². The molecule has 0 aliphatic carbocycles. The first-order chi connectivity index (χ1) is 11.1. The van der Waals surface area contributed by atoms with Gasteiger partial charge in [-0.3, -0.25) is 9.48 Å². The van der Waals surface area contributed by atoms with Crippen molar-refractivity contribution in [2.24, 2.45) is 12.0 Å². The monoisotopic (exact) mass is 346 g/mol. The number of para-hydroxylation sites is 1. The number of amides is 1. The van der Waals surface area contributed by atoms with Gasteiger partial charge in [-0.1, -0.05) is 23.5 Å². The number of thioether (sulfide) groups is 1. The molecular formula is C16H18N4OS2. The Kier molecular flexibility index (Phi) is 4.68. The number of rotatable bonds is 4. The summed E-state index contributed by atoms with van der Waals surface area (Å²) in [5.74, 6) is 0.684. The van der Waals surface area contributed by atoms with Crippen LogP contribution in [0.2, 0.25) is 0 Å². The van der Waals surface area contributed by atoms with Crippen molar-refractivity contribution in [3.05, 3.63) is 46.5 Å². The Hall–Kier alpha value is -1.86. The quantitative estimate of drug-likeness (QED) is 0.730. The van der Waals surface area contributed by atoms with Gasteiger partial charge in [0.15, 0.2) is 10.5 Å². The van der Waals surface area contributed by atoms with Crippen molar-refractivity contribution in [2.75, 3.05) is 12.0 Å². The number of aryl methyl sites for hydroxylation is 3. The molecule has 1 aromatic carbocycles. The Balaban J connectivity index is 2.08. The SMILES string of the molecule is CSCCn1c(=NC(=O)c2cc(C)n(C)n2)sc2ccccc21. The van der Waals surface area contributed by atoms with Gasteiger partial charge in [-0.2, -0.15) is 21.9 Å². The lowest BCUT2D eigenvalue weighted by atomic mass is 10.3. The van der Waals surface area contributed by atoms with Gasteiger partial charge in [0, 0.05) is 25.0 Å². The molecule has 0 bridgehead atoms. The minimum atomic E-state index is -0.293. The van der Waals surface area contributed by atoms with E-state index in [0.29, 0.717) is 5.69 Å². The maximum atomic E-state index is 12.4. The molecule has 120 valence electrons. The van der Waals surface area contributed by atoms with E-state index in [9.17, 15) is 4.79 Å². The normalized spacial score (nSPS) is 12.2. The summed E-state index contributed by atoms with van der Waals surface area (Å²) in [5, 5.41) is 4.22. The van der Waals surface area contributed by atoms with Crippen molar-refractivity contribution in [2.45, 2.75) is 13.5 Å². The Morgan fingerprint density at radius 2 is 2.17 bits per heavy atom. The number of carbonyl (C=O) groups is 1. The fourth-order valence-electron chi connectivity index (χ4n) is 2.31. The van der Waals surface area contributed by atoms with Crippen molar-refractivity contribution in [1.29, 1.82) is 0 Å². The molecule has 0 atom stereocenters. The van der Waals surface area contributed by atoms with Crippen LogP contribution in [0.15, 0.2) is 35.3 Å². The maximum absolute atomic E-state index is 12.4. The molecule has 0 aliphatic heterocycles. The zero-order valence-electron chi connectivity index (χ0n) is 13.3. The van der Waals surface area contributed by atoms with Gasteiger partial charge in [0.05, 0.1) is 10.2 Å². The van der Waals surface area contributed by atoms with Gasteiger partial charge in [-0.05, 0) is 31.4 Å². The molecule has 0 aliphatic rings. The van der Waals surface area contributed by atoms with E-state index in [-0.39, 0.29) is 5.91 Å². The molecule has 0 spiro atoms. The van der Waals surface area contributed by atoms with Crippen molar-refractivity contribution >= 4 is 39.2 Å². The van der Waals surface area contributed by atoms with E-state index in [4.69, 9.17) is 0 Å². The summed E-state index contributed by atoms with van der Waals surface area (Å²) in [6, 6.07) is 9.92. The second-order valence-electron chi connectivity index (χ2n) is 5.21. The number of carbonyl (C=O) groups excluding carboxylic acids is 1. The molecule has 2 heterocycles. The van der Waals surface area contributed by atoms with Crippen LogP contribution < -0.4 is 4.80 Å². The number of nitrogens with zero attached hydrogens (tertiary/aromatic N) is 4. The lowest BCUT2D eigenvalue weighted by Gasteiger charge is -2.03. The van der Waals surface area contributed by atoms with Crippen LogP contribution in [0.25, 0.3) is 10.2 Å². The van der Waals surface area contributed by atoms with Crippen molar-refractivity contribution < 1.29 is 4.79 Å². The lowest BCUT2D eigenvalue weighted by molar-refractivity contribution is 0.0992. The molecule has 3 rings (SSSR count). The lowest BCUT2D eigenvalue weighted by Crippen LogP contribution is -2.18. The van der Waals surface area contributed by atoms with Crippen LogP contribution in [-0.4, -0.2) is 32.3 Å². The summed E-state index contributed by atoms with van der Waals surface area (Å²) in [7, 11) is 1.82. The maximum Gasteiger partial charge on any atom is 0.300 e. The van der Waals surface area contributed by atoms with E-state index in [1.165, 1.54) is 11.3 Å². The van der Waals surface area contributed by atoms with Gasteiger partial charge in [-0.25, -0.2) is 0 Å². The highest BCUT2D eigenvalue weighted by Crippen LogP contribution is 2.17. The van der Waals surface area contributed by atoms with Crippen LogP contribution in [-0.2, 0) is 13.6 Å². The topological polar surface area (TPSA) is 52.2 Å². The van der Waals surface area contributed by atoms with E-state index in [0.717, 1.165) is 33.0 Å². The fourth-order valence-corrected chi connectivity index (χ4v) is 3.73. The zero-order valence-corrected chi connectivity index (χ0v) is 14.9. The highest BCUT2D eigenvalue weighted by molar-refractivity contribution is 7.98. The summed E-state index contributed by atoms with van der Waals surface area (Å²) >= 11 is 3.32. The van der Waals surface area contributed by atoms with Gasteiger partial charge in [-0.15, -0.1) is 0 Å². The third-order valence-electron chi connectivity index (χ3n) is 3.64. The molecule has 0 radical (unpaired) electrons. The first-order valence-corrected chi connectivity index (χ1v) is 9.48. The summed E-state index contributed by atoms with van der Waals surface area (Å²) < 4.78 is 4.94. The third kappa shape index (κ3) is 3.25. The first kappa shape index (κ1) is 16.0. The number of benzene rings is 1. The predicted octanol–water partition coefficient (Wildman–Crippen LogP) is 2.85. The average Bonchev–Trinajstić information content (AvgIpc) is 3.05. The van der Waals surface area contributed by atoms with E-state index in [2.05, 4.69) is 33.0 Å². The molecule has 5 nitrogen and oxygen atoms in total. The van der Waals surface area contributed by atoms with Crippen LogP contribution in [0.3, 0.4) is 0 Å². The first-order valence-electron chi connectivity index (χ1n) is 7.27. The molecule has 0 N–H and O–H groups in total. The van der Waals surface area contributed by atoms with Gasteiger partial charge in [0.2, 0.25) is 0 Å². The highest BCUT2D eigenvalue weighted by atomic mass is 32.2. The second-order valence-corrected chi connectivity index (χ2v) is 7.20. The number of thiazole rings is 1. The molecule has 23 heavy (non-hydrogen) atoms. The van der Waals surface area contributed by atoms with E-state index >= 15 is 0 Å². The predicted molar refractivity (Wildman–Crippen MR) is 96.0 cm³/mol. The molecule has 0 unspecified atom stereocenters. The van der Waals surface area contributed by atoms with Crippen LogP contribution in [0.5, 0.6) is 0 Å². The Morgan fingerprint density at radius 3 is 2.87 bits per heavy atom. The summed E-state index contributed by atoms with van der Waals surface area (Å²) in [6.07, 6.45) is 2.08. The summed E-state index contributed by atoms with van der Waals surface area (Å²) in [6.45, 7) is 2.75. The molecule has 0 saturated carbocycles. The Morgan fingerprint density at radius 1 is 1.39 bits per heavy atom. The van der Waals surface area contributed by atoms with Crippen molar-refractivity contribution in [3.8, 4) is 0 Å². The molecule has 0 saturated heterocycles. The number of aromatic nitrogens is 3. The number of fused-ring (bicyclic) bond motifs is 1. The Bertz CT molecular complexity index is 900. The minimum absolute atomic E-state index is 0.293. The van der Waals surface area contributed by atoms with Gasteiger partial charge >= 0.3 is 0 Å². The van der Waals surface area contributed by atoms with Gasteiger partial charge < -0.3 is 4.57 Å². The average molecular weight is 346 g/mol. The standard InChI is InChI=1S/C16H18N4OS2/c1-11-10-12(18-19(11)2)15(21)17-16-20(8-9-22-3)13-6-4-5-7-14(13)23-16/h4-7,10H,8-9H2,1-3H3. The smallest absolute Gasteiger partial charge is 0.300 e. The molecule has 7 heteroatoms. The number of hydrogen-bond donors (Lipinski definition) is 0. The molecule has 2 aromatic heterocycles.